The zero-order valence-corrected chi connectivity index (χ0v) is 19.3. The number of nitrogens with one attached hydrogen (secondary N) is 2. The second kappa shape index (κ2) is 10.6. The number of hydrogen-bond acceptors (Lipinski definition) is 4. The Morgan fingerprint density at radius 1 is 1.16 bits per heavy atom. The van der Waals surface area contributed by atoms with Gasteiger partial charge < -0.3 is 15.5 Å². The molecule has 166 valence electrons. The van der Waals surface area contributed by atoms with Crippen molar-refractivity contribution in [3.63, 3.8) is 0 Å². The maximum absolute atomic E-state index is 12.7. The predicted octanol–water partition coefficient (Wildman–Crippen LogP) is 3.94. The first kappa shape index (κ1) is 22.3. The third-order valence-electron chi connectivity index (χ3n) is 5.83. The minimum atomic E-state index is -1.37. The van der Waals surface area contributed by atoms with Crippen LogP contribution in [0.5, 0.6) is 0 Å². The summed E-state index contributed by atoms with van der Waals surface area (Å²) in [4.78, 5) is 2.38. The molecule has 2 aromatic carbocycles. The Kier molecular flexibility index (Phi) is 7.43. The summed E-state index contributed by atoms with van der Waals surface area (Å²) < 4.78 is 14.4. The van der Waals surface area contributed by atoms with Crippen molar-refractivity contribution in [1.29, 1.82) is 0 Å². The molecule has 0 amide bonds. The number of rotatable bonds is 7. The highest BCUT2D eigenvalue weighted by Crippen LogP contribution is 2.23. The summed E-state index contributed by atoms with van der Waals surface area (Å²) >= 11 is 0. The zero-order chi connectivity index (χ0) is 22.3. The lowest BCUT2D eigenvalue weighted by atomic mass is 10.0. The maximum Gasteiger partial charge on any atom is 0.150 e. The van der Waals surface area contributed by atoms with Gasteiger partial charge in [-0.1, -0.05) is 36.8 Å². The summed E-state index contributed by atoms with van der Waals surface area (Å²) in [5.74, 6) is 6.33. The van der Waals surface area contributed by atoms with E-state index in [0.717, 1.165) is 41.9 Å². The van der Waals surface area contributed by atoms with Gasteiger partial charge in [0.25, 0.3) is 0 Å². The first-order valence-electron chi connectivity index (χ1n) is 11.0. The fourth-order valence-electron chi connectivity index (χ4n) is 4.02. The van der Waals surface area contributed by atoms with Gasteiger partial charge in [0, 0.05) is 29.1 Å². The molecule has 4 rings (SSSR count). The molecule has 2 N–H and O–H groups in total. The molecule has 0 radical (unpaired) electrons. The normalized spacial score (nSPS) is 15.8. The molecule has 5 nitrogen and oxygen atoms in total. The van der Waals surface area contributed by atoms with E-state index in [0.29, 0.717) is 12.6 Å². The molecule has 1 fully saturated rings. The van der Waals surface area contributed by atoms with E-state index in [4.69, 9.17) is 0 Å². The lowest BCUT2D eigenvalue weighted by molar-refractivity contribution is 0.234. The molecule has 6 heteroatoms. The summed E-state index contributed by atoms with van der Waals surface area (Å²) in [6, 6.07) is 18.9. The minimum Gasteiger partial charge on any atom is -0.374 e. The lowest BCUT2D eigenvalue weighted by Gasteiger charge is -2.29. The third-order valence-corrected chi connectivity index (χ3v) is 6.87. The molecule has 1 saturated heterocycles. The van der Waals surface area contributed by atoms with E-state index in [1.165, 1.54) is 23.8 Å². The average Bonchev–Trinajstić information content (AvgIpc) is 3.19. The molecule has 1 aliphatic rings. The maximum atomic E-state index is 12.7. The van der Waals surface area contributed by atoms with Gasteiger partial charge in [-0.3, -0.25) is 0 Å². The number of aromatic nitrogens is 1. The van der Waals surface area contributed by atoms with Gasteiger partial charge >= 0.3 is 0 Å². The van der Waals surface area contributed by atoms with Crippen molar-refractivity contribution in [2.24, 2.45) is 0 Å². The van der Waals surface area contributed by atoms with Crippen LogP contribution in [0, 0.1) is 11.8 Å². The quantitative estimate of drug-likeness (QED) is 0.540. The van der Waals surface area contributed by atoms with Gasteiger partial charge in [-0.05, 0) is 74.8 Å². The molecule has 3 aromatic rings. The van der Waals surface area contributed by atoms with E-state index in [1.54, 1.807) is 3.97 Å². The van der Waals surface area contributed by atoms with E-state index < -0.39 is 11.0 Å². The number of piperidine rings is 1. The van der Waals surface area contributed by atoms with Crippen LogP contribution >= 0.6 is 0 Å². The molecule has 0 spiro atoms. The highest BCUT2D eigenvalue weighted by atomic mass is 32.2. The van der Waals surface area contributed by atoms with Crippen LogP contribution in [0.1, 0.15) is 24.1 Å². The minimum absolute atomic E-state index is 0.512. The smallest absolute Gasteiger partial charge is 0.150 e. The number of para-hydroxylation sites is 1. The van der Waals surface area contributed by atoms with E-state index in [2.05, 4.69) is 53.1 Å². The number of hydrogen-bond donors (Lipinski definition) is 2. The van der Waals surface area contributed by atoms with Crippen molar-refractivity contribution in [3.8, 4) is 11.8 Å². The Bertz CT molecular complexity index is 1150. The monoisotopic (exact) mass is 446 g/mol. The van der Waals surface area contributed by atoms with E-state index >= 15 is 0 Å². The van der Waals surface area contributed by atoms with Crippen LogP contribution in [0.3, 0.4) is 0 Å². The van der Waals surface area contributed by atoms with Crippen LogP contribution in [-0.4, -0.2) is 45.8 Å². The molecule has 2 heterocycles. The summed E-state index contributed by atoms with van der Waals surface area (Å²) in [7, 11) is 0.814. The number of nitrogens with zero attached hydrogens (tertiary/aromatic N) is 2. The van der Waals surface area contributed by atoms with Crippen LogP contribution in [0.2, 0.25) is 0 Å². The van der Waals surface area contributed by atoms with Gasteiger partial charge in [0.2, 0.25) is 0 Å². The van der Waals surface area contributed by atoms with Crippen molar-refractivity contribution < 1.29 is 4.21 Å². The topological polar surface area (TPSA) is 49.3 Å². The summed E-state index contributed by atoms with van der Waals surface area (Å²) in [6.45, 7) is 7.35. The molecule has 1 aromatic heterocycles. The predicted molar refractivity (Wildman–Crippen MR) is 135 cm³/mol. The summed E-state index contributed by atoms with van der Waals surface area (Å²) in [5, 5.41) is 9.46. The molecular weight excluding hydrogens is 416 g/mol. The standard InChI is InChI=1S/C26H30N4OS/c1-3-32(31)30-25(10-7-15-27-23-8-5-4-6-9-23)19-22-18-21(11-12-26(22)30)20-28-24-13-16-29(2)17-14-24/h3-6,8-9,11-12,18-19,24,27-28H,1,13-17,20H2,2H3. The molecule has 32 heavy (non-hydrogen) atoms. The van der Waals surface area contributed by atoms with Gasteiger partial charge in [0.05, 0.1) is 12.1 Å². The van der Waals surface area contributed by atoms with Crippen LogP contribution in [0.15, 0.2) is 66.6 Å². The molecular formula is C26H30N4OS. The largest absolute Gasteiger partial charge is 0.374 e. The number of anilines is 1. The third kappa shape index (κ3) is 5.49. The van der Waals surface area contributed by atoms with E-state index in [9.17, 15) is 4.21 Å². The van der Waals surface area contributed by atoms with Gasteiger partial charge in [-0.2, -0.15) is 0 Å². The van der Waals surface area contributed by atoms with Crippen LogP contribution in [0.4, 0.5) is 5.69 Å². The highest BCUT2D eigenvalue weighted by molar-refractivity contribution is 7.86. The Morgan fingerprint density at radius 2 is 1.94 bits per heavy atom. The number of fused-ring (bicyclic) bond motifs is 1. The van der Waals surface area contributed by atoms with Crippen LogP contribution in [0.25, 0.3) is 10.9 Å². The molecule has 1 aliphatic heterocycles. The van der Waals surface area contributed by atoms with Gasteiger partial charge in [0.1, 0.15) is 16.7 Å². The summed E-state index contributed by atoms with van der Waals surface area (Å²) in [5.41, 5.74) is 3.89. The molecule has 0 saturated carbocycles. The van der Waals surface area contributed by atoms with Crippen molar-refractivity contribution in [2.45, 2.75) is 25.4 Å². The highest BCUT2D eigenvalue weighted by Gasteiger charge is 2.16. The van der Waals surface area contributed by atoms with Crippen molar-refractivity contribution in [2.75, 3.05) is 32.0 Å². The molecule has 0 bridgehead atoms. The average molecular weight is 447 g/mol. The fraction of sp³-hybridized carbons (Fsp3) is 0.308. The fourth-order valence-corrected chi connectivity index (χ4v) is 4.82. The van der Waals surface area contributed by atoms with Crippen molar-refractivity contribution in [3.05, 3.63) is 77.8 Å². The Hall–Kier alpha value is -2.85. The van der Waals surface area contributed by atoms with Gasteiger partial charge in [-0.15, -0.1) is 0 Å². The first-order chi connectivity index (χ1) is 15.6. The van der Waals surface area contributed by atoms with Crippen molar-refractivity contribution in [1.82, 2.24) is 14.2 Å². The Morgan fingerprint density at radius 3 is 2.69 bits per heavy atom. The Labute approximate surface area is 193 Å². The van der Waals surface area contributed by atoms with Crippen LogP contribution in [-0.2, 0) is 17.5 Å². The Balaban J connectivity index is 1.50. The van der Waals surface area contributed by atoms with E-state index in [1.807, 2.05) is 42.5 Å². The van der Waals surface area contributed by atoms with Crippen LogP contribution < -0.4 is 10.6 Å². The number of benzene rings is 2. The lowest BCUT2D eigenvalue weighted by Crippen LogP contribution is -2.40. The van der Waals surface area contributed by atoms with Gasteiger partial charge in [-0.25, -0.2) is 8.18 Å². The first-order valence-corrected chi connectivity index (χ1v) is 12.2. The second-order valence-corrected chi connectivity index (χ2v) is 9.39. The van der Waals surface area contributed by atoms with E-state index in [-0.39, 0.29) is 0 Å². The second-order valence-electron chi connectivity index (χ2n) is 8.14. The van der Waals surface area contributed by atoms with Crippen molar-refractivity contribution >= 4 is 27.6 Å². The van der Waals surface area contributed by atoms with Gasteiger partial charge in [0.15, 0.2) is 0 Å². The molecule has 1 unspecified atom stereocenters. The SMILES string of the molecule is C=CS(=O)n1c(C#CCNc2ccccc2)cc2cc(CNC3CCN(C)CC3)ccc21. The number of likely N-dealkylation sites (tertiary alicyclic amines) is 1. The molecule has 0 aliphatic carbocycles. The zero-order valence-electron chi connectivity index (χ0n) is 18.5. The summed E-state index contributed by atoms with van der Waals surface area (Å²) in [6.07, 6.45) is 2.37. The molecule has 1 atom stereocenters.